The third-order valence-electron chi connectivity index (χ3n) is 2.78. The molecule has 2 atom stereocenters. The molecule has 0 aliphatic heterocycles. The van der Waals surface area contributed by atoms with Crippen LogP contribution in [0.15, 0.2) is 18.2 Å². The molecule has 1 aromatic carbocycles. The fourth-order valence-corrected chi connectivity index (χ4v) is 1.80. The van der Waals surface area contributed by atoms with E-state index >= 15 is 0 Å². The summed E-state index contributed by atoms with van der Waals surface area (Å²) in [5.41, 5.74) is 5.29. The van der Waals surface area contributed by atoms with Crippen LogP contribution in [0.3, 0.4) is 0 Å². The fourth-order valence-electron chi connectivity index (χ4n) is 1.80. The van der Waals surface area contributed by atoms with E-state index in [1.54, 1.807) is 6.92 Å². The maximum atomic E-state index is 13.0. The summed E-state index contributed by atoms with van der Waals surface area (Å²) >= 11 is 0. The molecular formula is C14H15F2N3O2. The van der Waals surface area contributed by atoms with Crippen molar-refractivity contribution in [3.05, 3.63) is 35.4 Å². The molecule has 0 saturated heterocycles. The van der Waals surface area contributed by atoms with Crippen LogP contribution in [0.25, 0.3) is 0 Å². The van der Waals surface area contributed by atoms with E-state index in [0.29, 0.717) is 6.07 Å². The first kappa shape index (κ1) is 16.6. The van der Waals surface area contributed by atoms with Crippen LogP contribution in [0.4, 0.5) is 8.78 Å². The first-order valence-electron chi connectivity index (χ1n) is 6.25. The Morgan fingerprint density at radius 1 is 1.33 bits per heavy atom. The Labute approximate surface area is 120 Å². The molecule has 21 heavy (non-hydrogen) atoms. The third kappa shape index (κ3) is 5.57. The highest BCUT2D eigenvalue weighted by Gasteiger charge is 2.21. The summed E-state index contributed by atoms with van der Waals surface area (Å²) in [6.45, 7) is 1.59. The lowest BCUT2D eigenvalue weighted by atomic mass is 10.0. The van der Waals surface area contributed by atoms with Gasteiger partial charge in [-0.1, -0.05) is 0 Å². The standard InChI is InChI=1S/C14H15F2N3O2/c1-8(7-17)2-12(14(18)21)19-13(20)5-9-3-10(15)6-11(16)4-9/h3-4,6,8,12H,2,5H2,1H3,(H2,18,21)(H,19,20)/t8-,12-/m1/s1. The highest BCUT2D eigenvalue weighted by molar-refractivity contribution is 5.87. The number of hydrogen-bond donors (Lipinski definition) is 2. The van der Waals surface area contributed by atoms with E-state index in [0.717, 1.165) is 12.1 Å². The maximum absolute atomic E-state index is 13.0. The number of rotatable bonds is 6. The van der Waals surface area contributed by atoms with E-state index in [2.05, 4.69) is 5.32 Å². The second kappa shape index (κ2) is 7.33. The van der Waals surface area contributed by atoms with Crippen LogP contribution in [0.5, 0.6) is 0 Å². The van der Waals surface area contributed by atoms with E-state index in [9.17, 15) is 18.4 Å². The van der Waals surface area contributed by atoms with E-state index in [1.165, 1.54) is 0 Å². The molecule has 0 saturated carbocycles. The number of benzene rings is 1. The molecule has 0 aliphatic carbocycles. The van der Waals surface area contributed by atoms with Gasteiger partial charge in [-0.15, -0.1) is 0 Å². The van der Waals surface area contributed by atoms with E-state index < -0.39 is 35.4 Å². The highest BCUT2D eigenvalue weighted by atomic mass is 19.1. The average molecular weight is 295 g/mol. The van der Waals surface area contributed by atoms with Crippen molar-refractivity contribution in [3.63, 3.8) is 0 Å². The van der Waals surface area contributed by atoms with Crippen LogP contribution in [0.1, 0.15) is 18.9 Å². The zero-order chi connectivity index (χ0) is 16.0. The minimum absolute atomic E-state index is 0.0785. The first-order valence-corrected chi connectivity index (χ1v) is 6.25. The second-order valence-corrected chi connectivity index (χ2v) is 4.74. The van der Waals surface area contributed by atoms with Gasteiger partial charge in [-0.05, 0) is 31.0 Å². The van der Waals surface area contributed by atoms with Gasteiger partial charge in [0.05, 0.1) is 12.5 Å². The van der Waals surface area contributed by atoms with Crippen molar-refractivity contribution >= 4 is 11.8 Å². The van der Waals surface area contributed by atoms with Gasteiger partial charge >= 0.3 is 0 Å². The fraction of sp³-hybridized carbons (Fsp3) is 0.357. The normalized spacial score (nSPS) is 13.0. The SMILES string of the molecule is C[C@@H](C#N)C[C@@H](NC(=O)Cc1cc(F)cc(F)c1)C(N)=O. The van der Waals surface area contributed by atoms with Crippen LogP contribution in [-0.4, -0.2) is 17.9 Å². The van der Waals surface area contributed by atoms with E-state index in [1.807, 2.05) is 6.07 Å². The van der Waals surface area contributed by atoms with Gasteiger partial charge in [0, 0.05) is 12.0 Å². The van der Waals surface area contributed by atoms with Crippen molar-refractivity contribution in [2.24, 2.45) is 11.7 Å². The molecule has 1 aromatic rings. The van der Waals surface area contributed by atoms with Crippen molar-refractivity contribution in [2.75, 3.05) is 0 Å². The Bertz CT molecular complexity index is 564. The lowest BCUT2D eigenvalue weighted by Gasteiger charge is -2.16. The van der Waals surface area contributed by atoms with Crippen molar-refractivity contribution in [1.82, 2.24) is 5.32 Å². The van der Waals surface area contributed by atoms with Crippen molar-refractivity contribution in [3.8, 4) is 6.07 Å². The molecule has 0 aliphatic rings. The van der Waals surface area contributed by atoms with Crippen LogP contribution in [0.2, 0.25) is 0 Å². The number of primary amides is 1. The number of carbonyl (C=O) groups is 2. The molecular weight excluding hydrogens is 280 g/mol. The largest absolute Gasteiger partial charge is 0.368 e. The summed E-state index contributed by atoms with van der Waals surface area (Å²) in [5.74, 6) is -3.41. The summed E-state index contributed by atoms with van der Waals surface area (Å²) in [6.07, 6.45) is -0.214. The van der Waals surface area contributed by atoms with E-state index in [-0.39, 0.29) is 18.4 Å². The molecule has 7 heteroatoms. The maximum Gasteiger partial charge on any atom is 0.240 e. The number of nitriles is 1. The van der Waals surface area contributed by atoms with Crippen molar-refractivity contribution in [1.29, 1.82) is 5.26 Å². The van der Waals surface area contributed by atoms with Crippen LogP contribution in [-0.2, 0) is 16.0 Å². The monoisotopic (exact) mass is 295 g/mol. The molecule has 5 nitrogen and oxygen atoms in total. The van der Waals surface area contributed by atoms with Gasteiger partial charge in [0.25, 0.3) is 0 Å². The Kier molecular flexibility index (Phi) is 5.79. The molecule has 0 spiro atoms. The zero-order valence-electron chi connectivity index (χ0n) is 11.4. The van der Waals surface area contributed by atoms with E-state index in [4.69, 9.17) is 11.0 Å². The summed E-state index contributed by atoms with van der Waals surface area (Å²) < 4.78 is 26.0. The molecule has 0 fully saturated rings. The van der Waals surface area contributed by atoms with Gasteiger partial charge in [-0.2, -0.15) is 5.26 Å². The Morgan fingerprint density at radius 2 is 1.90 bits per heavy atom. The number of nitrogens with zero attached hydrogens (tertiary/aromatic N) is 1. The summed E-state index contributed by atoms with van der Waals surface area (Å²) in [6, 6.07) is 3.69. The topological polar surface area (TPSA) is 96.0 Å². The van der Waals surface area contributed by atoms with Gasteiger partial charge in [0.2, 0.25) is 11.8 Å². The Hall–Kier alpha value is -2.49. The van der Waals surface area contributed by atoms with Gasteiger partial charge in [0.15, 0.2) is 0 Å². The summed E-state index contributed by atoms with van der Waals surface area (Å²) in [7, 11) is 0. The average Bonchev–Trinajstić information content (AvgIpc) is 2.36. The number of amides is 2. The molecule has 0 radical (unpaired) electrons. The third-order valence-corrected chi connectivity index (χ3v) is 2.78. The lowest BCUT2D eigenvalue weighted by molar-refractivity contribution is -0.127. The smallest absolute Gasteiger partial charge is 0.240 e. The number of halogens is 2. The Balaban J connectivity index is 2.70. The van der Waals surface area contributed by atoms with Crippen LogP contribution in [0, 0.1) is 28.9 Å². The molecule has 2 amide bonds. The zero-order valence-corrected chi connectivity index (χ0v) is 11.4. The van der Waals surface area contributed by atoms with Crippen LogP contribution < -0.4 is 11.1 Å². The van der Waals surface area contributed by atoms with Crippen molar-refractivity contribution < 1.29 is 18.4 Å². The number of nitrogens with two attached hydrogens (primary N) is 1. The van der Waals surface area contributed by atoms with Gasteiger partial charge in [0.1, 0.15) is 17.7 Å². The molecule has 0 unspecified atom stereocenters. The number of hydrogen-bond acceptors (Lipinski definition) is 3. The molecule has 1 rings (SSSR count). The predicted molar refractivity (Wildman–Crippen MR) is 70.6 cm³/mol. The Morgan fingerprint density at radius 3 is 2.38 bits per heavy atom. The number of nitrogens with one attached hydrogen (secondary N) is 1. The quantitative estimate of drug-likeness (QED) is 0.820. The minimum Gasteiger partial charge on any atom is -0.368 e. The second-order valence-electron chi connectivity index (χ2n) is 4.74. The van der Waals surface area contributed by atoms with Crippen LogP contribution >= 0.6 is 0 Å². The molecule has 3 N–H and O–H groups in total. The summed E-state index contributed by atoms with van der Waals surface area (Å²) in [5, 5.41) is 11.1. The molecule has 0 heterocycles. The van der Waals surface area contributed by atoms with Gasteiger partial charge in [-0.25, -0.2) is 8.78 Å². The van der Waals surface area contributed by atoms with Gasteiger partial charge in [-0.3, -0.25) is 9.59 Å². The molecule has 0 bridgehead atoms. The summed E-state index contributed by atoms with van der Waals surface area (Å²) in [4.78, 5) is 23.0. The van der Waals surface area contributed by atoms with Gasteiger partial charge < -0.3 is 11.1 Å². The molecule has 112 valence electrons. The van der Waals surface area contributed by atoms with Crippen molar-refractivity contribution in [2.45, 2.75) is 25.8 Å². The lowest BCUT2D eigenvalue weighted by Crippen LogP contribution is -2.45. The first-order chi connectivity index (χ1) is 9.81. The molecule has 0 aromatic heterocycles. The predicted octanol–water partition coefficient (Wildman–Crippen LogP) is 1.03. The minimum atomic E-state index is -0.995. The highest BCUT2D eigenvalue weighted by Crippen LogP contribution is 2.09. The number of carbonyl (C=O) groups excluding carboxylic acids is 2.